The maximum Gasteiger partial charge on any atom is 0.229 e. The molecule has 0 radical (unpaired) electrons. The third kappa shape index (κ3) is 2.92. The molecule has 1 aliphatic carbocycles. The number of carbonyl (C=O) groups is 1. The molecule has 0 unspecified atom stereocenters. The summed E-state index contributed by atoms with van der Waals surface area (Å²) in [4.78, 5) is 16.5. The highest BCUT2D eigenvalue weighted by Gasteiger charge is 2.25. The molecule has 1 amide bonds. The number of ether oxygens (including phenoxy) is 2. The molecule has 6 heteroatoms. The molecule has 5 nitrogen and oxygen atoms in total. The van der Waals surface area contributed by atoms with Crippen LogP contribution in [0.1, 0.15) is 19.3 Å². The van der Waals surface area contributed by atoms with E-state index in [1.807, 2.05) is 23.6 Å². The number of hydrogen-bond donors (Lipinski definition) is 1. The minimum absolute atomic E-state index is 0.0776. The number of benzene rings is 1. The molecule has 1 N–H and O–H groups in total. The normalized spacial score (nSPS) is 14.3. The van der Waals surface area contributed by atoms with Crippen molar-refractivity contribution in [3.05, 3.63) is 23.6 Å². The fraction of sp³-hybridized carbons (Fsp3) is 0.375. The molecule has 1 heterocycles. The van der Waals surface area contributed by atoms with Crippen molar-refractivity contribution in [3.8, 4) is 22.8 Å². The monoisotopic (exact) mass is 318 g/mol. The highest BCUT2D eigenvalue weighted by molar-refractivity contribution is 7.14. The van der Waals surface area contributed by atoms with E-state index in [9.17, 15) is 4.79 Å². The van der Waals surface area contributed by atoms with Gasteiger partial charge in [0.1, 0.15) is 11.5 Å². The third-order valence-corrected chi connectivity index (χ3v) is 4.65. The molecule has 0 saturated heterocycles. The molecule has 116 valence electrons. The second-order valence-electron chi connectivity index (χ2n) is 5.22. The maximum atomic E-state index is 12.0. The maximum absolute atomic E-state index is 12.0. The summed E-state index contributed by atoms with van der Waals surface area (Å²) < 4.78 is 10.6. The van der Waals surface area contributed by atoms with E-state index < -0.39 is 0 Å². The SMILES string of the molecule is COc1ccc(-c2csc(NC(=O)C3CCC3)n2)c(OC)c1. The lowest BCUT2D eigenvalue weighted by atomic mass is 9.85. The van der Waals surface area contributed by atoms with E-state index in [-0.39, 0.29) is 11.8 Å². The topological polar surface area (TPSA) is 60.5 Å². The van der Waals surface area contributed by atoms with Crippen molar-refractivity contribution in [2.45, 2.75) is 19.3 Å². The average molecular weight is 318 g/mol. The zero-order valence-corrected chi connectivity index (χ0v) is 13.4. The summed E-state index contributed by atoms with van der Waals surface area (Å²) >= 11 is 1.42. The lowest BCUT2D eigenvalue weighted by Gasteiger charge is -2.23. The van der Waals surface area contributed by atoms with Gasteiger partial charge in [-0.1, -0.05) is 6.42 Å². The molecule has 0 aliphatic heterocycles. The Morgan fingerprint density at radius 2 is 2.14 bits per heavy atom. The first-order chi connectivity index (χ1) is 10.7. The van der Waals surface area contributed by atoms with E-state index >= 15 is 0 Å². The fourth-order valence-electron chi connectivity index (χ4n) is 2.34. The van der Waals surface area contributed by atoms with Gasteiger partial charge < -0.3 is 14.8 Å². The van der Waals surface area contributed by atoms with E-state index in [1.165, 1.54) is 11.3 Å². The molecule has 0 bridgehead atoms. The average Bonchev–Trinajstić information content (AvgIpc) is 2.92. The lowest BCUT2D eigenvalue weighted by molar-refractivity contribution is -0.122. The Morgan fingerprint density at radius 1 is 1.32 bits per heavy atom. The van der Waals surface area contributed by atoms with Crippen LogP contribution in [0.4, 0.5) is 5.13 Å². The summed E-state index contributed by atoms with van der Waals surface area (Å²) in [6, 6.07) is 5.59. The number of aromatic nitrogens is 1. The van der Waals surface area contributed by atoms with Gasteiger partial charge in [0.05, 0.1) is 19.9 Å². The molecule has 22 heavy (non-hydrogen) atoms. The number of rotatable bonds is 5. The number of anilines is 1. The Kier molecular flexibility index (Phi) is 4.29. The Balaban J connectivity index is 1.79. The highest BCUT2D eigenvalue weighted by atomic mass is 32.1. The molecular formula is C16H18N2O3S. The first kappa shape index (κ1) is 14.8. The van der Waals surface area contributed by atoms with Gasteiger partial charge in [-0.15, -0.1) is 11.3 Å². The highest BCUT2D eigenvalue weighted by Crippen LogP contribution is 2.35. The van der Waals surface area contributed by atoms with Crippen LogP contribution in [-0.2, 0) is 4.79 Å². The first-order valence-electron chi connectivity index (χ1n) is 7.20. The number of thiazole rings is 1. The van der Waals surface area contributed by atoms with Gasteiger partial charge in [0, 0.05) is 22.9 Å². The number of nitrogens with one attached hydrogen (secondary N) is 1. The minimum atomic E-state index is 0.0776. The Labute approximate surface area is 133 Å². The Morgan fingerprint density at radius 3 is 2.77 bits per heavy atom. The van der Waals surface area contributed by atoms with E-state index in [2.05, 4.69) is 10.3 Å². The van der Waals surface area contributed by atoms with Crippen molar-refractivity contribution < 1.29 is 14.3 Å². The van der Waals surface area contributed by atoms with Crippen LogP contribution in [0.25, 0.3) is 11.3 Å². The summed E-state index contributed by atoms with van der Waals surface area (Å²) in [6.07, 6.45) is 3.11. The lowest BCUT2D eigenvalue weighted by Crippen LogP contribution is -2.27. The van der Waals surface area contributed by atoms with Crippen LogP contribution in [0.5, 0.6) is 11.5 Å². The van der Waals surface area contributed by atoms with Crippen molar-refractivity contribution in [1.82, 2.24) is 4.98 Å². The predicted molar refractivity (Wildman–Crippen MR) is 86.6 cm³/mol. The van der Waals surface area contributed by atoms with Crippen LogP contribution in [0, 0.1) is 5.92 Å². The number of carbonyl (C=O) groups excluding carboxylic acids is 1. The van der Waals surface area contributed by atoms with Crippen LogP contribution in [0.2, 0.25) is 0 Å². The van der Waals surface area contributed by atoms with Crippen molar-refractivity contribution >= 4 is 22.4 Å². The summed E-state index contributed by atoms with van der Waals surface area (Å²) in [5, 5.41) is 5.44. The number of nitrogens with zero attached hydrogens (tertiary/aromatic N) is 1. The molecule has 1 fully saturated rings. The van der Waals surface area contributed by atoms with Gasteiger partial charge in [-0.3, -0.25) is 4.79 Å². The van der Waals surface area contributed by atoms with Crippen LogP contribution < -0.4 is 14.8 Å². The van der Waals surface area contributed by atoms with Gasteiger partial charge in [-0.05, 0) is 25.0 Å². The van der Waals surface area contributed by atoms with Gasteiger partial charge in [-0.25, -0.2) is 4.98 Å². The van der Waals surface area contributed by atoms with Gasteiger partial charge in [-0.2, -0.15) is 0 Å². The number of methoxy groups -OCH3 is 2. The molecule has 1 aromatic heterocycles. The third-order valence-electron chi connectivity index (χ3n) is 3.89. The molecular weight excluding hydrogens is 300 g/mol. The Bertz CT molecular complexity index is 680. The minimum Gasteiger partial charge on any atom is -0.497 e. The second kappa shape index (κ2) is 6.36. The fourth-order valence-corrected chi connectivity index (χ4v) is 3.06. The molecule has 2 aromatic rings. The van der Waals surface area contributed by atoms with Crippen molar-refractivity contribution in [1.29, 1.82) is 0 Å². The molecule has 0 atom stereocenters. The van der Waals surface area contributed by atoms with Gasteiger partial charge >= 0.3 is 0 Å². The summed E-state index contributed by atoms with van der Waals surface area (Å²) in [5.41, 5.74) is 1.66. The summed E-state index contributed by atoms with van der Waals surface area (Å²) in [6.45, 7) is 0. The largest absolute Gasteiger partial charge is 0.497 e. The van der Waals surface area contributed by atoms with Crippen LogP contribution in [0.3, 0.4) is 0 Å². The molecule has 3 rings (SSSR count). The zero-order valence-electron chi connectivity index (χ0n) is 12.6. The predicted octanol–water partition coefficient (Wildman–Crippen LogP) is 3.57. The number of hydrogen-bond acceptors (Lipinski definition) is 5. The smallest absolute Gasteiger partial charge is 0.229 e. The zero-order chi connectivity index (χ0) is 15.5. The van der Waals surface area contributed by atoms with Crippen LogP contribution in [-0.4, -0.2) is 25.1 Å². The van der Waals surface area contributed by atoms with Crippen molar-refractivity contribution in [3.63, 3.8) is 0 Å². The van der Waals surface area contributed by atoms with E-state index in [0.29, 0.717) is 10.9 Å². The van der Waals surface area contributed by atoms with Crippen LogP contribution >= 0.6 is 11.3 Å². The van der Waals surface area contributed by atoms with E-state index in [4.69, 9.17) is 9.47 Å². The van der Waals surface area contributed by atoms with E-state index in [0.717, 1.165) is 36.3 Å². The molecule has 1 aliphatic rings. The first-order valence-corrected chi connectivity index (χ1v) is 8.08. The Hall–Kier alpha value is -2.08. The van der Waals surface area contributed by atoms with Crippen molar-refractivity contribution in [2.24, 2.45) is 5.92 Å². The standard InChI is InChI=1S/C16H18N2O3S/c1-20-11-6-7-12(14(8-11)21-2)13-9-22-16(17-13)18-15(19)10-4-3-5-10/h6-10H,3-5H2,1-2H3,(H,17,18,19). The summed E-state index contributed by atoms with van der Waals surface area (Å²) in [7, 11) is 3.23. The molecule has 0 spiro atoms. The second-order valence-corrected chi connectivity index (χ2v) is 6.08. The van der Waals surface area contributed by atoms with Gasteiger partial charge in [0.15, 0.2) is 5.13 Å². The van der Waals surface area contributed by atoms with E-state index in [1.54, 1.807) is 14.2 Å². The molecule has 1 saturated carbocycles. The van der Waals surface area contributed by atoms with Gasteiger partial charge in [0.2, 0.25) is 5.91 Å². The summed E-state index contributed by atoms with van der Waals surface area (Å²) in [5.74, 6) is 1.66. The quantitative estimate of drug-likeness (QED) is 0.915. The van der Waals surface area contributed by atoms with Gasteiger partial charge in [0.25, 0.3) is 0 Å². The number of amides is 1. The molecule has 1 aromatic carbocycles. The van der Waals surface area contributed by atoms with Crippen molar-refractivity contribution in [2.75, 3.05) is 19.5 Å². The van der Waals surface area contributed by atoms with Crippen LogP contribution in [0.15, 0.2) is 23.6 Å².